The summed E-state index contributed by atoms with van der Waals surface area (Å²) in [6, 6.07) is 10.8. The lowest BCUT2D eigenvalue weighted by molar-refractivity contribution is -0.385. The van der Waals surface area contributed by atoms with E-state index in [2.05, 4.69) is 33.1 Å². The largest absolute Gasteiger partial charge is 0.445 e. The maximum Gasteiger partial charge on any atom is 0.410 e. The minimum Gasteiger partial charge on any atom is -0.445 e. The fourth-order valence-electron chi connectivity index (χ4n) is 3.81. The summed E-state index contributed by atoms with van der Waals surface area (Å²) in [7, 11) is 0. The van der Waals surface area contributed by atoms with Gasteiger partial charge in [0.15, 0.2) is 5.82 Å². The van der Waals surface area contributed by atoms with E-state index in [4.69, 9.17) is 9.47 Å². The number of likely N-dealkylation sites (tertiary alicyclic amines) is 1. The van der Waals surface area contributed by atoms with Gasteiger partial charge < -0.3 is 14.8 Å². The number of thiol groups is 1. The zero-order valence-corrected chi connectivity index (χ0v) is 21.2. The van der Waals surface area contributed by atoms with E-state index in [1.54, 1.807) is 0 Å². The van der Waals surface area contributed by atoms with E-state index in [0.717, 1.165) is 0 Å². The fourth-order valence-corrected chi connectivity index (χ4v) is 4.19. The topological polar surface area (TPSA) is 196 Å². The van der Waals surface area contributed by atoms with E-state index in [1.807, 2.05) is 0 Å². The lowest BCUT2D eigenvalue weighted by Crippen LogP contribution is -2.32. The number of amides is 2. The first-order chi connectivity index (χ1) is 18.7. The highest BCUT2D eigenvalue weighted by molar-refractivity contribution is 7.81. The number of nitrogens with zero attached hydrogens (tertiary/aromatic N) is 5. The Labute approximate surface area is 226 Å². The number of nitro benzene ring substituents is 2. The average Bonchev–Trinajstić information content (AvgIpc) is 3.56. The van der Waals surface area contributed by atoms with Gasteiger partial charge in [0.2, 0.25) is 0 Å². The van der Waals surface area contributed by atoms with Crippen molar-refractivity contribution in [2.24, 2.45) is 0 Å². The molecule has 2 heterocycles. The zero-order valence-electron chi connectivity index (χ0n) is 20.3. The summed E-state index contributed by atoms with van der Waals surface area (Å²) < 4.78 is 10.5. The van der Waals surface area contributed by atoms with Crippen LogP contribution in [0.1, 0.15) is 35.2 Å². The molecule has 4 rings (SSSR count). The van der Waals surface area contributed by atoms with Crippen molar-refractivity contribution in [2.45, 2.75) is 37.5 Å². The normalized spacial score (nSPS) is 16.5. The van der Waals surface area contributed by atoms with E-state index in [0.29, 0.717) is 35.7 Å². The molecule has 2 amide bonds. The molecular formula is C23H23N7O8S. The molecule has 0 saturated carbocycles. The van der Waals surface area contributed by atoms with Crippen LogP contribution in [0.15, 0.2) is 48.5 Å². The number of H-pyrrole nitrogens is 1. The minimum absolute atomic E-state index is 0.0201. The standard InChI is InChI=1S/C23H23N7O8S/c31-22(37-12-14-1-5-16(6-2-14)29(33)34)24-10-20-25-21(27-26-20)19-9-18(39)11-28(19)23(32)38-13-15-3-7-17(8-4-15)30(35)36/h1-8,18-19,39H,9-13H2,(H,24,31)(H,25,26,27)/t18-,19-/m0/s1. The predicted octanol–water partition coefficient (Wildman–Crippen LogP) is 3.43. The van der Waals surface area contributed by atoms with Crippen molar-refractivity contribution >= 4 is 36.2 Å². The van der Waals surface area contributed by atoms with E-state index in [1.165, 1.54) is 53.4 Å². The third kappa shape index (κ3) is 7.19. The Morgan fingerprint density at radius 2 is 1.56 bits per heavy atom. The van der Waals surface area contributed by atoms with E-state index in [9.17, 15) is 29.8 Å². The van der Waals surface area contributed by atoms with Crippen LogP contribution in [0.25, 0.3) is 0 Å². The molecule has 39 heavy (non-hydrogen) atoms. The van der Waals surface area contributed by atoms with Crippen LogP contribution in [-0.2, 0) is 29.2 Å². The van der Waals surface area contributed by atoms with Crippen molar-refractivity contribution in [1.29, 1.82) is 0 Å². The second-order valence-corrected chi connectivity index (χ2v) is 9.26. The van der Waals surface area contributed by atoms with Gasteiger partial charge in [-0.25, -0.2) is 14.6 Å². The molecule has 0 aliphatic carbocycles. The molecule has 0 bridgehead atoms. The smallest absolute Gasteiger partial charge is 0.410 e. The second kappa shape index (κ2) is 12.2. The Morgan fingerprint density at radius 3 is 2.13 bits per heavy atom. The number of rotatable bonds is 9. The Hall–Kier alpha value is -4.73. The third-order valence-corrected chi connectivity index (χ3v) is 6.16. The molecule has 1 saturated heterocycles. The highest BCUT2D eigenvalue weighted by Crippen LogP contribution is 2.33. The molecule has 2 atom stereocenters. The first-order valence-electron chi connectivity index (χ1n) is 11.6. The lowest BCUT2D eigenvalue weighted by atomic mass is 10.2. The van der Waals surface area contributed by atoms with E-state index >= 15 is 0 Å². The number of aromatic nitrogens is 3. The Bertz CT molecular complexity index is 1350. The maximum atomic E-state index is 12.8. The Balaban J connectivity index is 1.27. The van der Waals surface area contributed by atoms with Gasteiger partial charge in [0, 0.05) is 36.1 Å². The summed E-state index contributed by atoms with van der Waals surface area (Å²) in [4.78, 5) is 51.1. The van der Waals surface area contributed by atoms with Crippen LogP contribution < -0.4 is 5.32 Å². The summed E-state index contributed by atoms with van der Waals surface area (Å²) >= 11 is 4.48. The van der Waals surface area contributed by atoms with Crippen molar-refractivity contribution in [2.75, 3.05) is 6.54 Å². The number of nitro groups is 2. The molecule has 0 unspecified atom stereocenters. The van der Waals surface area contributed by atoms with Crippen molar-refractivity contribution in [3.63, 3.8) is 0 Å². The highest BCUT2D eigenvalue weighted by Gasteiger charge is 2.38. The summed E-state index contributed by atoms with van der Waals surface area (Å²) in [5.74, 6) is 0.661. The molecule has 0 spiro atoms. The summed E-state index contributed by atoms with van der Waals surface area (Å²) in [5, 5.41) is 30.8. The third-order valence-electron chi connectivity index (χ3n) is 5.79. The minimum atomic E-state index is -0.723. The SMILES string of the molecule is O=C(NCc1nc([C@@H]2C[C@H](S)CN2C(=O)OCc2ccc([N+](=O)[O-])cc2)n[nH]1)OCc1ccc([N+](=O)[O-])cc1. The van der Waals surface area contributed by atoms with Gasteiger partial charge in [0.25, 0.3) is 11.4 Å². The van der Waals surface area contributed by atoms with Gasteiger partial charge in [-0.1, -0.05) is 0 Å². The van der Waals surface area contributed by atoms with E-state index in [-0.39, 0.29) is 36.4 Å². The molecule has 15 nitrogen and oxygen atoms in total. The number of non-ortho nitro benzene ring substituents is 2. The first-order valence-corrected chi connectivity index (χ1v) is 12.1. The van der Waals surface area contributed by atoms with Crippen LogP contribution in [0.5, 0.6) is 0 Å². The van der Waals surface area contributed by atoms with Crippen LogP contribution in [-0.4, -0.2) is 53.9 Å². The van der Waals surface area contributed by atoms with Gasteiger partial charge in [-0.15, -0.1) is 0 Å². The lowest BCUT2D eigenvalue weighted by Gasteiger charge is -2.21. The highest BCUT2D eigenvalue weighted by atomic mass is 32.1. The number of carbonyl (C=O) groups excluding carboxylic acids is 2. The molecule has 0 radical (unpaired) electrons. The van der Waals surface area contributed by atoms with Crippen LogP contribution in [0, 0.1) is 20.2 Å². The monoisotopic (exact) mass is 557 g/mol. The van der Waals surface area contributed by atoms with Gasteiger partial charge in [-0.05, 0) is 41.8 Å². The molecule has 2 N–H and O–H groups in total. The van der Waals surface area contributed by atoms with E-state index < -0.39 is 28.1 Å². The zero-order chi connectivity index (χ0) is 27.9. The summed E-state index contributed by atoms with van der Waals surface area (Å²) in [6.45, 7) is 0.147. The molecular weight excluding hydrogens is 534 g/mol. The number of alkyl carbamates (subject to hydrolysis) is 1. The van der Waals surface area contributed by atoms with Crippen molar-refractivity contribution < 1.29 is 28.9 Å². The maximum absolute atomic E-state index is 12.8. The number of ether oxygens (including phenoxy) is 2. The van der Waals surface area contributed by atoms with Crippen molar-refractivity contribution in [1.82, 2.24) is 25.4 Å². The summed E-state index contributed by atoms with van der Waals surface area (Å²) in [6.07, 6.45) is -0.842. The van der Waals surface area contributed by atoms with Gasteiger partial charge in [-0.3, -0.25) is 30.2 Å². The van der Waals surface area contributed by atoms with Crippen LogP contribution in [0.2, 0.25) is 0 Å². The van der Waals surface area contributed by atoms with Crippen LogP contribution in [0.4, 0.5) is 21.0 Å². The molecule has 1 aliphatic rings. The fraction of sp³-hybridized carbons (Fsp3) is 0.304. The number of aromatic amines is 1. The summed E-state index contributed by atoms with van der Waals surface area (Å²) in [5.41, 5.74) is 1.06. The number of hydrogen-bond donors (Lipinski definition) is 3. The number of benzene rings is 2. The molecule has 1 aliphatic heterocycles. The average molecular weight is 558 g/mol. The van der Waals surface area contributed by atoms with Crippen LogP contribution >= 0.6 is 12.6 Å². The molecule has 1 aromatic heterocycles. The quantitative estimate of drug-likeness (QED) is 0.199. The molecule has 2 aromatic carbocycles. The van der Waals surface area contributed by atoms with Crippen molar-refractivity contribution in [3.8, 4) is 0 Å². The van der Waals surface area contributed by atoms with Gasteiger partial charge >= 0.3 is 12.2 Å². The number of hydrogen-bond acceptors (Lipinski definition) is 11. The second-order valence-electron chi connectivity index (χ2n) is 8.53. The van der Waals surface area contributed by atoms with Crippen LogP contribution in [0.3, 0.4) is 0 Å². The first kappa shape index (κ1) is 27.3. The predicted molar refractivity (Wildman–Crippen MR) is 137 cm³/mol. The molecule has 16 heteroatoms. The van der Waals surface area contributed by atoms with Crippen molar-refractivity contribution in [3.05, 3.63) is 91.5 Å². The molecule has 204 valence electrons. The number of carbonyl (C=O) groups is 2. The number of nitrogens with one attached hydrogen (secondary N) is 2. The van der Waals surface area contributed by atoms with Gasteiger partial charge in [0.05, 0.1) is 22.4 Å². The Kier molecular flexibility index (Phi) is 8.55. The van der Waals surface area contributed by atoms with Gasteiger partial charge in [0.1, 0.15) is 19.0 Å². The molecule has 1 fully saturated rings. The Morgan fingerprint density at radius 1 is 1.00 bits per heavy atom. The molecule has 3 aromatic rings. The van der Waals surface area contributed by atoms with Gasteiger partial charge in [-0.2, -0.15) is 17.7 Å².